The van der Waals surface area contributed by atoms with Gasteiger partial charge < -0.3 is 0 Å². The third-order valence-corrected chi connectivity index (χ3v) is 5.96. The highest BCUT2D eigenvalue weighted by atomic mass is 32.2. The van der Waals surface area contributed by atoms with E-state index in [2.05, 4.69) is 4.98 Å². The SMILES string of the molecule is NS(=O)(=O)c1cccc2cccnc12.NS(=O)(=O)c1cccs1. The number of nitrogens with zero attached hydrogens (tertiary/aromatic N) is 1. The summed E-state index contributed by atoms with van der Waals surface area (Å²) in [7, 11) is -7.13. The van der Waals surface area contributed by atoms with Crippen molar-refractivity contribution >= 4 is 42.3 Å². The maximum absolute atomic E-state index is 11.2. The van der Waals surface area contributed by atoms with Crippen molar-refractivity contribution in [3.05, 3.63) is 54.0 Å². The van der Waals surface area contributed by atoms with E-state index >= 15 is 0 Å². The molecule has 1 aromatic carbocycles. The number of aromatic nitrogens is 1. The number of sulfonamides is 2. The van der Waals surface area contributed by atoms with Crippen LogP contribution in [0.2, 0.25) is 0 Å². The van der Waals surface area contributed by atoms with Crippen LogP contribution >= 0.6 is 11.3 Å². The fourth-order valence-corrected chi connectivity index (χ4v) is 3.86. The van der Waals surface area contributed by atoms with Gasteiger partial charge in [0, 0.05) is 11.6 Å². The van der Waals surface area contributed by atoms with Crippen molar-refractivity contribution < 1.29 is 16.8 Å². The van der Waals surface area contributed by atoms with Crippen molar-refractivity contribution in [2.24, 2.45) is 10.3 Å². The smallest absolute Gasteiger partial charge is 0.247 e. The Morgan fingerprint density at radius 1 is 0.870 bits per heavy atom. The largest absolute Gasteiger partial charge is 0.255 e. The van der Waals surface area contributed by atoms with Crippen molar-refractivity contribution in [1.29, 1.82) is 0 Å². The molecule has 0 saturated heterocycles. The number of pyridine rings is 1. The maximum atomic E-state index is 11.2. The molecule has 0 aliphatic heterocycles. The number of thiophene rings is 1. The number of benzene rings is 1. The lowest BCUT2D eigenvalue weighted by atomic mass is 10.2. The first kappa shape index (κ1) is 17.5. The Hall–Kier alpha value is -1.85. The Labute approximate surface area is 137 Å². The Morgan fingerprint density at radius 3 is 2.09 bits per heavy atom. The number of rotatable bonds is 2. The Balaban J connectivity index is 0.000000185. The number of hydrogen-bond acceptors (Lipinski definition) is 6. The molecular weight excluding hydrogens is 358 g/mol. The predicted molar refractivity (Wildman–Crippen MR) is 88.8 cm³/mol. The molecule has 0 bridgehead atoms. The molecule has 2 aromatic heterocycles. The van der Waals surface area contributed by atoms with Crippen LogP contribution in [-0.2, 0) is 20.0 Å². The molecule has 4 N–H and O–H groups in total. The van der Waals surface area contributed by atoms with Crippen LogP contribution in [-0.4, -0.2) is 21.8 Å². The van der Waals surface area contributed by atoms with Crippen LogP contribution in [0.15, 0.2) is 63.1 Å². The van der Waals surface area contributed by atoms with Gasteiger partial charge in [-0.15, -0.1) is 11.3 Å². The molecular formula is C13H13N3O4S3. The first-order valence-electron chi connectivity index (χ1n) is 6.12. The Bertz CT molecular complexity index is 1010. The summed E-state index contributed by atoms with van der Waals surface area (Å²) in [6, 6.07) is 11.5. The summed E-state index contributed by atoms with van der Waals surface area (Å²) in [5.41, 5.74) is 0.414. The summed E-state index contributed by atoms with van der Waals surface area (Å²) in [6.45, 7) is 0. The zero-order chi connectivity index (χ0) is 17.1. The predicted octanol–water partition coefficient (Wildman–Crippen LogP) is 1.28. The number of hydrogen-bond donors (Lipinski definition) is 2. The highest BCUT2D eigenvalue weighted by molar-refractivity contribution is 7.91. The molecule has 0 spiro atoms. The first-order valence-corrected chi connectivity index (χ1v) is 10.1. The zero-order valence-electron chi connectivity index (χ0n) is 11.7. The topological polar surface area (TPSA) is 133 Å². The molecule has 10 heteroatoms. The van der Waals surface area contributed by atoms with E-state index in [0.717, 1.165) is 16.7 Å². The van der Waals surface area contributed by atoms with Crippen LogP contribution in [0.1, 0.15) is 0 Å². The molecule has 3 aromatic rings. The summed E-state index contributed by atoms with van der Waals surface area (Å²) >= 11 is 1.12. The molecule has 0 fully saturated rings. The highest BCUT2D eigenvalue weighted by Crippen LogP contribution is 2.18. The van der Waals surface area contributed by atoms with Crippen LogP contribution in [0.5, 0.6) is 0 Å². The number of para-hydroxylation sites is 1. The summed E-state index contributed by atoms with van der Waals surface area (Å²) < 4.78 is 43.5. The van der Waals surface area contributed by atoms with Crippen LogP contribution < -0.4 is 10.3 Å². The third-order valence-electron chi connectivity index (χ3n) is 2.68. The molecule has 0 saturated carbocycles. The lowest BCUT2D eigenvalue weighted by Crippen LogP contribution is -2.12. The lowest BCUT2D eigenvalue weighted by Gasteiger charge is -2.01. The van der Waals surface area contributed by atoms with Crippen molar-refractivity contribution in [3.8, 4) is 0 Å². The minimum Gasteiger partial charge on any atom is -0.255 e. The molecule has 0 unspecified atom stereocenters. The van der Waals surface area contributed by atoms with Gasteiger partial charge in [-0.25, -0.2) is 27.1 Å². The molecule has 0 amide bonds. The monoisotopic (exact) mass is 371 g/mol. The summed E-state index contributed by atoms with van der Waals surface area (Å²) in [6.07, 6.45) is 1.54. The second-order valence-corrected chi connectivity index (χ2v) is 8.62. The average molecular weight is 371 g/mol. The quantitative estimate of drug-likeness (QED) is 0.700. The van der Waals surface area contributed by atoms with Crippen LogP contribution in [0, 0.1) is 0 Å². The fourth-order valence-electron chi connectivity index (χ4n) is 1.73. The summed E-state index contributed by atoms with van der Waals surface area (Å²) in [5.74, 6) is 0. The second kappa shape index (κ2) is 6.72. The van der Waals surface area contributed by atoms with Gasteiger partial charge in [0.05, 0.1) is 5.52 Å². The molecule has 2 heterocycles. The van der Waals surface area contributed by atoms with E-state index in [-0.39, 0.29) is 9.10 Å². The fraction of sp³-hybridized carbons (Fsp3) is 0. The maximum Gasteiger partial charge on any atom is 0.247 e. The van der Waals surface area contributed by atoms with Gasteiger partial charge in [-0.3, -0.25) is 4.98 Å². The van der Waals surface area contributed by atoms with Crippen molar-refractivity contribution in [2.75, 3.05) is 0 Å². The lowest BCUT2D eigenvalue weighted by molar-refractivity contribution is 0.597. The van der Waals surface area contributed by atoms with E-state index in [1.54, 1.807) is 35.7 Å². The second-order valence-electron chi connectivity index (χ2n) is 4.35. The molecule has 7 nitrogen and oxygen atoms in total. The molecule has 0 atom stereocenters. The Kier molecular flexibility index (Phi) is 5.12. The van der Waals surface area contributed by atoms with Crippen molar-refractivity contribution in [3.63, 3.8) is 0 Å². The standard InChI is InChI=1S/C9H8N2O2S.C4H5NO2S2/c10-14(12,13)8-5-1-3-7-4-2-6-11-9(7)8;5-9(6,7)4-2-1-3-8-4/h1-6H,(H2,10,12,13);1-3H,(H2,5,6,7). The van der Waals surface area contributed by atoms with E-state index in [4.69, 9.17) is 10.3 Å². The summed E-state index contributed by atoms with van der Waals surface area (Å²) in [4.78, 5) is 4.05. The number of fused-ring (bicyclic) bond motifs is 1. The average Bonchev–Trinajstić information content (AvgIpc) is 3.01. The van der Waals surface area contributed by atoms with Gasteiger partial charge in [0.1, 0.15) is 9.10 Å². The molecule has 0 radical (unpaired) electrons. The van der Waals surface area contributed by atoms with Crippen LogP contribution in [0.4, 0.5) is 0 Å². The van der Waals surface area contributed by atoms with Crippen LogP contribution in [0.25, 0.3) is 10.9 Å². The molecule has 122 valence electrons. The van der Waals surface area contributed by atoms with Gasteiger partial charge in [0.15, 0.2) is 0 Å². The molecule has 0 aliphatic carbocycles. The minimum absolute atomic E-state index is 0.0654. The van der Waals surface area contributed by atoms with Gasteiger partial charge >= 0.3 is 0 Å². The normalized spacial score (nSPS) is 11.7. The van der Waals surface area contributed by atoms with E-state index in [9.17, 15) is 16.8 Å². The van der Waals surface area contributed by atoms with E-state index in [1.807, 2.05) is 0 Å². The van der Waals surface area contributed by atoms with E-state index in [0.29, 0.717) is 5.52 Å². The van der Waals surface area contributed by atoms with Crippen molar-refractivity contribution in [1.82, 2.24) is 4.98 Å². The van der Waals surface area contributed by atoms with Crippen molar-refractivity contribution in [2.45, 2.75) is 9.10 Å². The van der Waals surface area contributed by atoms with Crippen LogP contribution in [0.3, 0.4) is 0 Å². The number of primary sulfonamides is 2. The van der Waals surface area contributed by atoms with Gasteiger partial charge in [-0.2, -0.15) is 0 Å². The number of nitrogens with two attached hydrogens (primary N) is 2. The van der Waals surface area contributed by atoms with Gasteiger partial charge in [0.2, 0.25) is 20.0 Å². The van der Waals surface area contributed by atoms with Gasteiger partial charge in [0.25, 0.3) is 0 Å². The molecule has 3 rings (SSSR count). The third kappa shape index (κ3) is 4.56. The van der Waals surface area contributed by atoms with Gasteiger partial charge in [-0.05, 0) is 23.6 Å². The van der Waals surface area contributed by atoms with E-state index in [1.165, 1.54) is 18.3 Å². The van der Waals surface area contributed by atoms with Gasteiger partial charge in [-0.1, -0.05) is 24.3 Å². The summed E-state index contributed by atoms with van der Waals surface area (Å²) in [5, 5.41) is 12.3. The van der Waals surface area contributed by atoms with E-state index < -0.39 is 20.0 Å². The minimum atomic E-state index is -3.69. The zero-order valence-corrected chi connectivity index (χ0v) is 14.1. The molecule has 0 aliphatic rings. The first-order chi connectivity index (χ1) is 10.7. The highest BCUT2D eigenvalue weighted by Gasteiger charge is 2.12. The molecule has 23 heavy (non-hydrogen) atoms. The Morgan fingerprint density at radius 2 is 1.57 bits per heavy atom.